The van der Waals surface area contributed by atoms with Crippen molar-refractivity contribution in [3.05, 3.63) is 36.2 Å². The first kappa shape index (κ1) is 14.4. The highest BCUT2D eigenvalue weighted by Gasteiger charge is 2.22. The SMILES string of the molecule is COc1ccc(OC)c(S(=O)(=O)Cc2ccnn2C)c1. The zero-order chi connectivity index (χ0) is 14.8. The Labute approximate surface area is 117 Å². The van der Waals surface area contributed by atoms with Gasteiger partial charge in [-0.3, -0.25) is 4.68 Å². The smallest absolute Gasteiger partial charge is 0.187 e. The van der Waals surface area contributed by atoms with Crippen LogP contribution in [0, 0.1) is 0 Å². The average Bonchev–Trinajstić information content (AvgIpc) is 2.83. The Hall–Kier alpha value is -2.02. The van der Waals surface area contributed by atoms with Crippen molar-refractivity contribution in [2.75, 3.05) is 14.2 Å². The molecule has 0 aliphatic heterocycles. The largest absolute Gasteiger partial charge is 0.497 e. The number of benzene rings is 1. The van der Waals surface area contributed by atoms with E-state index in [1.807, 2.05) is 0 Å². The number of methoxy groups -OCH3 is 2. The maximum Gasteiger partial charge on any atom is 0.187 e. The van der Waals surface area contributed by atoms with Gasteiger partial charge in [0, 0.05) is 19.3 Å². The van der Waals surface area contributed by atoms with Crippen molar-refractivity contribution in [3.8, 4) is 11.5 Å². The van der Waals surface area contributed by atoms with Gasteiger partial charge in [-0.05, 0) is 18.2 Å². The van der Waals surface area contributed by atoms with E-state index in [1.54, 1.807) is 31.4 Å². The van der Waals surface area contributed by atoms with Crippen LogP contribution in [-0.2, 0) is 22.6 Å². The fraction of sp³-hybridized carbons (Fsp3) is 0.308. The zero-order valence-corrected chi connectivity index (χ0v) is 12.3. The van der Waals surface area contributed by atoms with E-state index >= 15 is 0 Å². The van der Waals surface area contributed by atoms with E-state index in [2.05, 4.69) is 5.10 Å². The molecule has 1 heterocycles. The normalized spacial score (nSPS) is 11.3. The highest BCUT2D eigenvalue weighted by Crippen LogP contribution is 2.30. The van der Waals surface area contributed by atoms with E-state index in [4.69, 9.17) is 9.47 Å². The van der Waals surface area contributed by atoms with E-state index in [-0.39, 0.29) is 10.6 Å². The van der Waals surface area contributed by atoms with E-state index in [9.17, 15) is 8.42 Å². The molecule has 0 bridgehead atoms. The van der Waals surface area contributed by atoms with Crippen LogP contribution in [0.4, 0.5) is 0 Å². The summed E-state index contributed by atoms with van der Waals surface area (Å²) < 4.78 is 36.8. The molecule has 1 aromatic heterocycles. The molecule has 0 saturated carbocycles. The van der Waals surface area contributed by atoms with E-state index in [0.29, 0.717) is 17.2 Å². The number of rotatable bonds is 5. The van der Waals surface area contributed by atoms with Crippen LogP contribution in [0.2, 0.25) is 0 Å². The molecule has 20 heavy (non-hydrogen) atoms. The molecule has 0 unspecified atom stereocenters. The molecule has 0 fully saturated rings. The van der Waals surface area contributed by atoms with Crippen molar-refractivity contribution < 1.29 is 17.9 Å². The first-order valence-corrected chi connectivity index (χ1v) is 7.55. The molecule has 0 aliphatic carbocycles. The quantitative estimate of drug-likeness (QED) is 0.834. The molecule has 0 aliphatic rings. The Morgan fingerprint density at radius 3 is 2.50 bits per heavy atom. The summed E-state index contributed by atoms with van der Waals surface area (Å²) in [6.07, 6.45) is 1.56. The number of hydrogen-bond acceptors (Lipinski definition) is 5. The van der Waals surface area contributed by atoms with Crippen LogP contribution in [0.1, 0.15) is 5.69 Å². The first-order chi connectivity index (χ1) is 9.47. The summed E-state index contributed by atoms with van der Waals surface area (Å²) in [4.78, 5) is 0.112. The second-order valence-corrected chi connectivity index (χ2v) is 6.18. The number of aryl methyl sites for hydroxylation is 1. The highest BCUT2D eigenvalue weighted by atomic mass is 32.2. The van der Waals surface area contributed by atoms with Crippen LogP contribution in [-0.4, -0.2) is 32.4 Å². The first-order valence-electron chi connectivity index (χ1n) is 5.89. The van der Waals surface area contributed by atoms with E-state index < -0.39 is 9.84 Å². The summed E-state index contributed by atoms with van der Waals surface area (Å²) in [7, 11) is 1.08. The minimum atomic E-state index is -3.55. The van der Waals surface area contributed by atoms with E-state index in [1.165, 1.54) is 25.0 Å². The Bertz CT molecular complexity index is 707. The topological polar surface area (TPSA) is 70.4 Å². The summed E-state index contributed by atoms with van der Waals surface area (Å²) in [5, 5.41) is 3.97. The van der Waals surface area contributed by atoms with Crippen LogP contribution in [0.15, 0.2) is 35.4 Å². The third-order valence-corrected chi connectivity index (χ3v) is 4.63. The van der Waals surface area contributed by atoms with Crippen molar-refractivity contribution in [2.45, 2.75) is 10.6 Å². The summed E-state index contributed by atoms with van der Waals surface area (Å²) >= 11 is 0. The van der Waals surface area contributed by atoms with Crippen LogP contribution < -0.4 is 9.47 Å². The number of aromatic nitrogens is 2. The van der Waals surface area contributed by atoms with Crippen molar-refractivity contribution in [1.29, 1.82) is 0 Å². The third kappa shape index (κ3) is 2.77. The Morgan fingerprint density at radius 1 is 1.20 bits per heavy atom. The van der Waals surface area contributed by atoms with Crippen molar-refractivity contribution >= 4 is 9.84 Å². The summed E-state index contributed by atoms with van der Waals surface area (Å²) in [6.45, 7) is 0. The molecule has 0 saturated heterocycles. The van der Waals surface area contributed by atoms with Gasteiger partial charge in [-0.15, -0.1) is 0 Å². The monoisotopic (exact) mass is 296 g/mol. The number of nitrogens with zero attached hydrogens (tertiary/aromatic N) is 2. The van der Waals surface area contributed by atoms with E-state index in [0.717, 1.165) is 0 Å². The second-order valence-electron chi connectivity index (χ2n) is 4.22. The van der Waals surface area contributed by atoms with Crippen molar-refractivity contribution in [2.24, 2.45) is 7.05 Å². The van der Waals surface area contributed by atoms with Gasteiger partial charge in [-0.25, -0.2) is 8.42 Å². The number of ether oxygens (including phenoxy) is 2. The Balaban J connectivity index is 2.45. The van der Waals surface area contributed by atoms with Crippen LogP contribution in [0.5, 0.6) is 11.5 Å². The molecule has 0 atom stereocenters. The number of sulfone groups is 1. The van der Waals surface area contributed by atoms with Gasteiger partial charge in [0.15, 0.2) is 9.84 Å². The summed E-state index contributed by atoms with van der Waals surface area (Å²) in [6, 6.07) is 6.37. The van der Waals surface area contributed by atoms with Gasteiger partial charge in [-0.1, -0.05) is 0 Å². The third-order valence-electron chi connectivity index (χ3n) is 2.97. The molecule has 7 heteroatoms. The average molecular weight is 296 g/mol. The van der Waals surface area contributed by atoms with Crippen molar-refractivity contribution in [3.63, 3.8) is 0 Å². The van der Waals surface area contributed by atoms with Gasteiger partial charge < -0.3 is 9.47 Å². The molecule has 0 spiro atoms. The lowest BCUT2D eigenvalue weighted by atomic mass is 10.3. The lowest BCUT2D eigenvalue weighted by Crippen LogP contribution is -2.10. The molecular weight excluding hydrogens is 280 g/mol. The molecule has 1 aromatic carbocycles. The minimum Gasteiger partial charge on any atom is -0.497 e. The fourth-order valence-electron chi connectivity index (χ4n) is 1.84. The predicted octanol–water partition coefficient (Wildman–Crippen LogP) is 1.41. The summed E-state index contributed by atoms with van der Waals surface area (Å²) in [5.74, 6) is 0.620. The zero-order valence-electron chi connectivity index (χ0n) is 11.5. The van der Waals surface area contributed by atoms with Crippen LogP contribution >= 0.6 is 0 Å². The summed E-state index contributed by atoms with van der Waals surface area (Å²) in [5.41, 5.74) is 0.606. The standard InChI is InChI=1S/C13H16N2O4S/c1-15-10(6-7-14-15)9-20(16,17)13-8-11(18-2)4-5-12(13)19-3/h4-8H,9H2,1-3H3. The molecule has 2 rings (SSSR count). The highest BCUT2D eigenvalue weighted by molar-refractivity contribution is 7.90. The maximum absolute atomic E-state index is 12.5. The van der Waals surface area contributed by atoms with Gasteiger partial charge in [0.25, 0.3) is 0 Å². The molecule has 6 nitrogen and oxygen atoms in total. The maximum atomic E-state index is 12.5. The molecule has 2 aromatic rings. The van der Waals surface area contributed by atoms with Crippen LogP contribution in [0.25, 0.3) is 0 Å². The molecule has 108 valence electrons. The van der Waals surface area contributed by atoms with Gasteiger partial charge in [0.05, 0.1) is 25.7 Å². The molecular formula is C13H16N2O4S. The molecule has 0 N–H and O–H groups in total. The molecule has 0 amide bonds. The van der Waals surface area contributed by atoms with Gasteiger partial charge in [0.1, 0.15) is 16.4 Å². The minimum absolute atomic E-state index is 0.112. The van der Waals surface area contributed by atoms with Crippen molar-refractivity contribution in [1.82, 2.24) is 9.78 Å². The van der Waals surface area contributed by atoms with Crippen LogP contribution in [0.3, 0.4) is 0 Å². The van der Waals surface area contributed by atoms with Gasteiger partial charge in [0.2, 0.25) is 0 Å². The Kier molecular flexibility index (Phi) is 3.99. The predicted molar refractivity (Wildman–Crippen MR) is 73.6 cm³/mol. The lowest BCUT2D eigenvalue weighted by molar-refractivity contribution is 0.392. The Morgan fingerprint density at radius 2 is 1.95 bits per heavy atom. The van der Waals surface area contributed by atoms with Gasteiger partial charge in [-0.2, -0.15) is 5.10 Å². The number of hydrogen-bond donors (Lipinski definition) is 0. The van der Waals surface area contributed by atoms with Gasteiger partial charge >= 0.3 is 0 Å². The second kappa shape index (κ2) is 5.54. The lowest BCUT2D eigenvalue weighted by Gasteiger charge is -2.11. The fourth-order valence-corrected chi connectivity index (χ4v) is 3.42. The molecule has 0 radical (unpaired) electrons.